The van der Waals surface area contributed by atoms with Crippen LogP contribution in [0.5, 0.6) is 11.8 Å². The number of H-pyrrole nitrogens is 1. The average molecular weight is 516 g/mol. The molecular weight excluding hydrogens is 486 g/mol. The van der Waals surface area contributed by atoms with E-state index in [9.17, 15) is 5.11 Å². The number of halogens is 1. The third-order valence-electron chi connectivity index (χ3n) is 6.91. The molecule has 3 saturated heterocycles. The molecule has 0 spiro atoms. The SMILES string of the molecule is O[C@@H]1CO[C@H]2[C@@H]1OC[C@H]2Oc1nc2nc(NCc3ccc(OCCN4CCCC4)cc3)c(Cl)cc2[nH]1. The topological polar surface area (TPSA) is 114 Å². The van der Waals surface area contributed by atoms with Gasteiger partial charge in [-0.1, -0.05) is 23.7 Å². The van der Waals surface area contributed by atoms with Crippen molar-refractivity contribution in [3.63, 3.8) is 0 Å². The third kappa shape index (κ3) is 5.09. The van der Waals surface area contributed by atoms with Gasteiger partial charge < -0.3 is 34.4 Å². The second kappa shape index (κ2) is 10.4. The van der Waals surface area contributed by atoms with E-state index in [0.717, 1.165) is 17.9 Å². The number of anilines is 1. The zero-order chi connectivity index (χ0) is 24.5. The quantitative estimate of drug-likeness (QED) is 0.395. The number of imidazole rings is 1. The average Bonchev–Trinajstić information content (AvgIpc) is 3.67. The number of hydrogen-bond acceptors (Lipinski definition) is 9. The lowest BCUT2D eigenvalue weighted by atomic mass is 10.1. The number of aliphatic hydroxyl groups is 1. The first kappa shape index (κ1) is 23.7. The molecule has 0 unspecified atom stereocenters. The maximum atomic E-state index is 9.91. The Balaban J connectivity index is 1.04. The maximum Gasteiger partial charge on any atom is 0.296 e. The number of aliphatic hydroxyl groups excluding tert-OH is 1. The van der Waals surface area contributed by atoms with Gasteiger partial charge in [-0.05, 0) is 49.7 Å². The molecule has 0 amide bonds. The Morgan fingerprint density at radius 2 is 1.92 bits per heavy atom. The fraction of sp³-hybridized carbons (Fsp3) is 0.520. The van der Waals surface area contributed by atoms with E-state index < -0.39 is 6.10 Å². The van der Waals surface area contributed by atoms with Crippen LogP contribution in [-0.4, -0.2) is 88.8 Å². The van der Waals surface area contributed by atoms with Gasteiger partial charge in [0, 0.05) is 13.1 Å². The van der Waals surface area contributed by atoms with Crippen molar-refractivity contribution in [2.24, 2.45) is 0 Å². The molecule has 5 heterocycles. The number of fused-ring (bicyclic) bond motifs is 2. The summed E-state index contributed by atoms with van der Waals surface area (Å²) >= 11 is 6.47. The predicted molar refractivity (Wildman–Crippen MR) is 134 cm³/mol. The van der Waals surface area contributed by atoms with Crippen molar-refractivity contribution in [3.05, 3.63) is 40.9 Å². The molecule has 3 aliphatic heterocycles. The molecule has 3 fully saturated rings. The Morgan fingerprint density at radius 1 is 1.11 bits per heavy atom. The fourth-order valence-corrected chi connectivity index (χ4v) is 5.17. The number of aromatic nitrogens is 3. The molecule has 3 aliphatic rings. The first-order valence-electron chi connectivity index (χ1n) is 12.4. The van der Waals surface area contributed by atoms with E-state index in [4.69, 9.17) is 30.5 Å². The molecule has 10 nitrogen and oxygen atoms in total. The molecule has 3 aromatic rings. The number of likely N-dealkylation sites (tertiary alicyclic amines) is 1. The van der Waals surface area contributed by atoms with Gasteiger partial charge >= 0.3 is 0 Å². The highest BCUT2D eigenvalue weighted by Gasteiger charge is 2.48. The van der Waals surface area contributed by atoms with Crippen LogP contribution < -0.4 is 14.8 Å². The van der Waals surface area contributed by atoms with E-state index in [1.807, 2.05) is 24.3 Å². The molecule has 2 aromatic heterocycles. The summed E-state index contributed by atoms with van der Waals surface area (Å²) in [5.74, 6) is 1.41. The summed E-state index contributed by atoms with van der Waals surface area (Å²) in [6, 6.07) is 10.1. The van der Waals surface area contributed by atoms with Gasteiger partial charge in [0.1, 0.15) is 36.5 Å². The number of nitrogens with one attached hydrogen (secondary N) is 2. The lowest BCUT2D eigenvalue weighted by molar-refractivity contribution is 0.00706. The van der Waals surface area contributed by atoms with Gasteiger partial charge in [0.25, 0.3) is 6.01 Å². The Kier molecular flexibility index (Phi) is 6.85. The summed E-state index contributed by atoms with van der Waals surface area (Å²) in [5, 5.41) is 13.7. The van der Waals surface area contributed by atoms with E-state index in [-0.39, 0.29) is 24.9 Å². The number of pyridine rings is 1. The number of hydrogen-bond donors (Lipinski definition) is 3. The molecule has 1 aromatic carbocycles. The van der Waals surface area contributed by atoms with Gasteiger partial charge in [0.15, 0.2) is 11.8 Å². The van der Waals surface area contributed by atoms with E-state index in [0.29, 0.717) is 47.8 Å². The van der Waals surface area contributed by atoms with Gasteiger partial charge in [-0.2, -0.15) is 4.98 Å². The molecule has 4 atom stereocenters. The van der Waals surface area contributed by atoms with E-state index in [1.165, 1.54) is 25.9 Å². The zero-order valence-electron chi connectivity index (χ0n) is 19.9. The molecule has 0 aliphatic carbocycles. The lowest BCUT2D eigenvalue weighted by Crippen LogP contribution is -2.34. The Hall–Kier alpha value is -2.63. The van der Waals surface area contributed by atoms with Crippen molar-refractivity contribution in [1.82, 2.24) is 19.9 Å². The third-order valence-corrected chi connectivity index (χ3v) is 7.20. The molecule has 11 heteroatoms. The molecule has 0 bridgehead atoms. The van der Waals surface area contributed by atoms with E-state index in [2.05, 4.69) is 25.2 Å². The van der Waals surface area contributed by atoms with Crippen molar-refractivity contribution in [3.8, 4) is 11.8 Å². The van der Waals surface area contributed by atoms with Crippen LogP contribution in [0.2, 0.25) is 5.02 Å². The van der Waals surface area contributed by atoms with Gasteiger partial charge in [0.2, 0.25) is 0 Å². The fourth-order valence-electron chi connectivity index (χ4n) is 4.95. The zero-order valence-corrected chi connectivity index (χ0v) is 20.6. The molecule has 192 valence electrons. The van der Waals surface area contributed by atoms with Crippen molar-refractivity contribution >= 4 is 28.6 Å². The molecule has 36 heavy (non-hydrogen) atoms. The summed E-state index contributed by atoms with van der Waals surface area (Å²) in [7, 11) is 0. The smallest absolute Gasteiger partial charge is 0.296 e. The van der Waals surface area contributed by atoms with Gasteiger partial charge in [-0.3, -0.25) is 4.90 Å². The Labute approximate surface area is 213 Å². The summed E-state index contributed by atoms with van der Waals surface area (Å²) in [4.78, 5) is 14.6. The molecule has 3 N–H and O–H groups in total. The van der Waals surface area contributed by atoms with Gasteiger partial charge in [0.05, 0.1) is 23.8 Å². The van der Waals surface area contributed by atoms with E-state index >= 15 is 0 Å². The number of nitrogens with zero attached hydrogens (tertiary/aromatic N) is 3. The summed E-state index contributed by atoms with van der Waals surface area (Å²) in [5.41, 5.74) is 2.24. The highest BCUT2D eigenvalue weighted by Crippen LogP contribution is 2.31. The lowest BCUT2D eigenvalue weighted by Gasteiger charge is -2.15. The highest BCUT2D eigenvalue weighted by atomic mass is 35.5. The number of benzene rings is 1. The first-order chi connectivity index (χ1) is 17.6. The minimum Gasteiger partial charge on any atom is -0.492 e. The highest BCUT2D eigenvalue weighted by molar-refractivity contribution is 6.33. The molecule has 0 radical (unpaired) electrons. The molecule has 0 saturated carbocycles. The van der Waals surface area contributed by atoms with Crippen LogP contribution in [0.4, 0.5) is 5.82 Å². The number of ether oxygens (including phenoxy) is 4. The van der Waals surface area contributed by atoms with Crippen LogP contribution in [0.3, 0.4) is 0 Å². The van der Waals surface area contributed by atoms with Gasteiger partial charge in [-0.25, -0.2) is 4.98 Å². The van der Waals surface area contributed by atoms with Crippen LogP contribution in [-0.2, 0) is 16.0 Å². The van der Waals surface area contributed by atoms with Crippen LogP contribution in [0, 0.1) is 0 Å². The van der Waals surface area contributed by atoms with E-state index in [1.54, 1.807) is 6.07 Å². The largest absolute Gasteiger partial charge is 0.492 e. The minimum absolute atomic E-state index is 0.246. The van der Waals surface area contributed by atoms with Gasteiger partial charge in [-0.15, -0.1) is 0 Å². The van der Waals surface area contributed by atoms with Crippen molar-refractivity contribution < 1.29 is 24.1 Å². The Morgan fingerprint density at radius 3 is 2.75 bits per heavy atom. The maximum absolute atomic E-state index is 9.91. The second-order valence-electron chi connectivity index (χ2n) is 9.45. The van der Waals surface area contributed by atoms with Crippen molar-refractivity contribution in [1.29, 1.82) is 0 Å². The van der Waals surface area contributed by atoms with Crippen molar-refractivity contribution in [2.45, 2.75) is 43.8 Å². The second-order valence-corrected chi connectivity index (χ2v) is 9.85. The number of rotatable bonds is 9. The summed E-state index contributed by atoms with van der Waals surface area (Å²) < 4.78 is 23.1. The number of aromatic amines is 1. The van der Waals surface area contributed by atoms with Crippen LogP contribution in [0.1, 0.15) is 18.4 Å². The van der Waals surface area contributed by atoms with Crippen LogP contribution >= 0.6 is 11.6 Å². The standard InChI is InChI=1S/C25H30ClN5O5/c26-17-11-18-24(30-25(28-18)36-20-14-35-21-19(32)13-34-22(20)21)29-23(17)27-12-15-3-5-16(6-4-15)33-10-9-31-7-1-2-8-31/h3-6,11,19-22,32H,1-2,7-10,12-14H2,(H2,27,28,29,30)/t19-,20-,21-,22-/m1/s1. The molecular formula is C25H30ClN5O5. The Bertz CT molecular complexity index is 1190. The molecule has 6 rings (SSSR count). The summed E-state index contributed by atoms with van der Waals surface area (Å²) in [6.07, 6.45) is 0.924. The predicted octanol–water partition coefficient (Wildman–Crippen LogP) is 2.60. The van der Waals surface area contributed by atoms with Crippen molar-refractivity contribution in [2.75, 3.05) is 44.8 Å². The van der Waals surface area contributed by atoms with Crippen LogP contribution in [0.15, 0.2) is 30.3 Å². The normalized spacial score (nSPS) is 25.9. The first-order valence-corrected chi connectivity index (χ1v) is 12.8. The summed E-state index contributed by atoms with van der Waals surface area (Å²) in [6.45, 7) is 5.17. The monoisotopic (exact) mass is 515 g/mol. The minimum atomic E-state index is -0.628. The van der Waals surface area contributed by atoms with Crippen LogP contribution in [0.25, 0.3) is 11.2 Å².